The number of fused-ring (bicyclic) bond motifs is 1. The molecule has 40 heavy (non-hydrogen) atoms. The molecule has 1 aromatic heterocycles. The van der Waals surface area contributed by atoms with Crippen LogP contribution in [-0.2, 0) is 40.7 Å². The van der Waals surface area contributed by atoms with Gasteiger partial charge < -0.3 is 9.40 Å². The van der Waals surface area contributed by atoms with E-state index in [1.807, 2.05) is 24.3 Å². The highest BCUT2D eigenvalue weighted by molar-refractivity contribution is 7.89. The van der Waals surface area contributed by atoms with Gasteiger partial charge in [-0.05, 0) is 68.7 Å². The molecule has 0 spiro atoms. The minimum atomic E-state index is -3.89. The number of aryl methyl sites for hydroxylation is 3. The largest absolute Gasteiger partial charge is 0.391 e. The zero-order valence-electron chi connectivity index (χ0n) is 23.7. The van der Waals surface area contributed by atoms with E-state index in [9.17, 15) is 13.2 Å². The summed E-state index contributed by atoms with van der Waals surface area (Å²) in [6, 6.07) is 13.3. The van der Waals surface area contributed by atoms with Crippen molar-refractivity contribution in [3.05, 3.63) is 70.8 Å². The Labute approximate surface area is 236 Å². The van der Waals surface area contributed by atoms with E-state index in [1.165, 1.54) is 6.21 Å². The highest BCUT2D eigenvalue weighted by atomic mass is 32.2. The number of carbonyl (C=O) groups is 1. The Morgan fingerprint density at radius 2 is 1.88 bits per heavy atom. The molecule has 2 unspecified atom stereocenters. The van der Waals surface area contributed by atoms with Crippen LogP contribution in [0.1, 0.15) is 86.5 Å². The zero-order valence-corrected chi connectivity index (χ0v) is 24.6. The topological polar surface area (TPSA) is 103 Å². The molecule has 0 saturated heterocycles. The van der Waals surface area contributed by atoms with Crippen molar-refractivity contribution in [3.63, 3.8) is 0 Å². The second kappa shape index (κ2) is 11.3. The number of nitrogens with zero attached hydrogens (tertiary/aromatic N) is 3. The van der Waals surface area contributed by atoms with Crippen LogP contribution < -0.4 is 4.72 Å². The van der Waals surface area contributed by atoms with Gasteiger partial charge in [-0.2, -0.15) is 4.72 Å². The van der Waals surface area contributed by atoms with Crippen molar-refractivity contribution in [2.45, 2.75) is 95.7 Å². The van der Waals surface area contributed by atoms with E-state index in [0.717, 1.165) is 72.4 Å². The molecule has 0 radical (unpaired) electrons. The molecule has 0 saturated carbocycles. The van der Waals surface area contributed by atoms with E-state index < -0.39 is 21.7 Å². The highest BCUT2D eigenvalue weighted by Crippen LogP contribution is 2.33. The molecule has 2 atom stereocenters. The maximum atomic E-state index is 13.6. The summed E-state index contributed by atoms with van der Waals surface area (Å²) >= 11 is 0. The van der Waals surface area contributed by atoms with Gasteiger partial charge in [-0.15, -0.1) is 0 Å². The number of hydrogen-bond acceptors (Lipinski definition) is 6. The van der Waals surface area contributed by atoms with Crippen LogP contribution in [0.25, 0.3) is 11.1 Å². The first-order chi connectivity index (χ1) is 19.2. The minimum absolute atomic E-state index is 0.182. The predicted molar refractivity (Wildman–Crippen MR) is 156 cm³/mol. The molecule has 0 fully saturated rings. The third kappa shape index (κ3) is 5.37. The number of hydrogen-bond donors (Lipinski definition) is 1. The quantitative estimate of drug-likeness (QED) is 0.349. The first-order valence-electron chi connectivity index (χ1n) is 14.2. The molecule has 1 N–H and O–H groups in total. The number of Topliss-reactive ketones (excluding diaryl/α,β-unsaturated/α-hetero) is 1. The fourth-order valence-electron chi connectivity index (χ4n) is 5.63. The highest BCUT2D eigenvalue weighted by Gasteiger charge is 2.40. The molecule has 1 aliphatic carbocycles. The molecule has 3 aromatic rings. The predicted octanol–water partition coefficient (Wildman–Crippen LogP) is 5.46. The minimum Gasteiger partial charge on any atom is -0.391 e. The van der Waals surface area contributed by atoms with E-state index >= 15 is 0 Å². The van der Waals surface area contributed by atoms with Crippen molar-refractivity contribution in [1.82, 2.24) is 14.3 Å². The molecule has 9 heteroatoms. The lowest BCUT2D eigenvalue weighted by molar-refractivity contribution is 0.0663. The number of imidazole rings is 1. The molecule has 212 valence electrons. The Morgan fingerprint density at radius 1 is 1.10 bits per heavy atom. The fourth-order valence-corrected chi connectivity index (χ4v) is 7.26. The normalized spacial score (nSPS) is 20.8. The molecule has 1 aliphatic heterocycles. The van der Waals surface area contributed by atoms with Crippen LogP contribution in [0.2, 0.25) is 0 Å². The summed E-state index contributed by atoms with van der Waals surface area (Å²) < 4.78 is 32.2. The second-order valence-electron chi connectivity index (χ2n) is 11.0. The molecule has 5 rings (SSSR count). The number of sulfonamides is 1. The van der Waals surface area contributed by atoms with E-state index in [1.54, 1.807) is 26.0 Å². The zero-order chi connectivity index (χ0) is 28.5. The molecule has 0 bridgehead atoms. The smallest absolute Gasteiger partial charge is 0.242 e. The average Bonchev–Trinajstić information content (AvgIpc) is 3.37. The number of oxime groups is 1. The molecule has 2 aliphatic rings. The maximum Gasteiger partial charge on any atom is 0.242 e. The second-order valence-corrected chi connectivity index (χ2v) is 12.7. The SMILES string of the molecule is CCCc1nc2c(n1Cc1ccc(-c3ccccc3S(=O)(=O)NC3(C)C=NOC3C)c(CC)c1)C(=O)CCCC2. The van der Waals surface area contributed by atoms with Gasteiger partial charge in [0.25, 0.3) is 0 Å². The Hall–Kier alpha value is -3.30. The van der Waals surface area contributed by atoms with Crippen molar-refractivity contribution >= 4 is 22.0 Å². The first kappa shape index (κ1) is 28.2. The van der Waals surface area contributed by atoms with E-state index in [-0.39, 0.29) is 10.7 Å². The van der Waals surface area contributed by atoms with Gasteiger partial charge in [0.15, 0.2) is 5.78 Å². The van der Waals surface area contributed by atoms with Crippen LogP contribution in [0.15, 0.2) is 52.5 Å². The number of aromatic nitrogens is 2. The summed E-state index contributed by atoms with van der Waals surface area (Å²) in [5.74, 6) is 1.15. The molecular formula is C31H38N4O4S. The van der Waals surface area contributed by atoms with Crippen molar-refractivity contribution in [3.8, 4) is 11.1 Å². The monoisotopic (exact) mass is 562 g/mol. The van der Waals surface area contributed by atoms with E-state index in [0.29, 0.717) is 18.5 Å². The van der Waals surface area contributed by atoms with Crippen molar-refractivity contribution in [2.75, 3.05) is 0 Å². The van der Waals surface area contributed by atoms with Gasteiger partial charge in [-0.3, -0.25) is 4.79 Å². The molecule has 0 amide bonds. The van der Waals surface area contributed by atoms with Crippen LogP contribution >= 0.6 is 0 Å². The Balaban J connectivity index is 1.51. The number of benzene rings is 2. The molecule has 8 nitrogen and oxygen atoms in total. The number of nitrogens with one attached hydrogen (secondary N) is 1. The number of rotatable bonds is 9. The summed E-state index contributed by atoms with van der Waals surface area (Å²) in [6.45, 7) is 8.31. The number of ketones is 1. The summed E-state index contributed by atoms with van der Waals surface area (Å²) in [6.07, 6.45) is 6.89. The van der Waals surface area contributed by atoms with Gasteiger partial charge in [0.2, 0.25) is 10.0 Å². The van der Waals surface area contributed by atoms with Gasteiger partial charge in [0, 0.05) is 24.9 Å². The van der Waals surface area contributed by atoms with Crippen LogP contribution in [0, 0.1) is 0 Å². The molecule has 2 aromatic carbocycles. The molecule has 2 heterocycles. The van der Waals surface area contributed by atoms with Gasteiger partial charge in [-0.25, -0.2) is 13.4 Å². The summed E-state index contributed by atoms with van der Waals surface area (Å²) in [5.41, 5.74) is 4.38. The lowest BCUT2D eigenvalue weighted by Gasteiger charge is -2.26. The maximum absolute atomic E-state index is 13.6. The third-order valence-electron chi connectivity index (χ3n) is 8.02. The van der Waals surface area contributed by atoms with E-state index in [2.05, 4.69) is 34.4 Å². The standard InChI is InChI=1S/C31H38N4O4S/c1-5-11-29-33-26-13-8-9-14-27(36)30(26)35(29)19-22-16-17-24(23(6-2)18-22)25-12-7-10-15-28(25)40(37,38)34-31(4)20-32-39-21(31)3/h7,10,12,15-18,20-21,34H,5-6,8-9,11,13-14,19H2,1-4H3. The molecular weight excluding hydrogens is 524 g/mol. The Morgan fingerprint density at radius 3 is 2.60 bits per heavy atom. The van der Waals surface area contributed by atoms with Crippen LogP contribution in [0.4, 0.5) is 0 Å². The lowest BCUT2D eigenvalue weighted by Crippen LogP contribution is -2.52. The Kier molecular flexibility index (Phi) is 7.97. The average molecular weight is 563 g/mol. The van der Waals surface area contributed by atoms with Crippen molar-refractivity contribution in [2.24, 2.45) is 5.16 Å². The van der Waals surface area contributed by atoms with Crippen LogP contribution in [0.5, 0.6) is 0 Å². The van der Waals surface area contributed by atoms with Crippen LogP contribution in [-0.4, -0.2) is 41.6 Å². The van der Waals surface area contributed by atoms with Crippen LogP contribution in [0.3, 0.4) is 0 Å². The van der Waals surface area contributed by atoms with Gasteiger partial charge in [0.1, 0.15) is 23.2 Å². The summed E-state index contributed by atoms with van der Waals surface area (Å²) in [7, 11) is -3.89. The van der Waals surface area contributed by atoms with Crippen molar-refractivity contribution < 1.29 is 18.0 Å². The Bertz CT molecular complexity index is 1560. The summed E-state index contributed by atoms with van der Waals surface area (Å²) in [4.78, 5) is 23.4. The van der Waals surface area contributed by atoms with E-state index in [4.69, 9.17) is 9.82 Å². The van der Waals surface area contributed by atoms with Gasteiger partial charge >= 0.3 is 0 Å². The van der Waals surface area contributed by atoms with Gasteiger partial charge in [-0.1, -0.05) is 55.4 Å². The van der Waals surface area contributed by atoms with Crippen molar-refractivity contribution in [1.29, 1.82) is 0 Å². The number of carbonyl (C=O) groups excluding carboxylic acids is 1. The van der Waals surface area contributed by atoms with Gasteiger partial charge in [0.05, 0.1) is 16.8 Å². The first-order valence-corrected chi connectivity index (χ1v) is 15.7. The third-order valence-corrected chi connectivity index (χ3v) is 9.66. The summed E-state index contributed by atoms with van der Waals surface area (Å²) in [5, 5.41) is 3.82. The lowest BCUT2D eigenvalue weighted by atomic mass is 9.96. The fraction of sp³-hybridized carbons (Fsp3) is 0.452.